The van der Waals surface area contributed by atoms with Gasteiger partial charge in [-0.25, -0.2) is 4.98 Å². The average molecular weight is 490 g/mol. The number of aliphatic imine (C=N–C) groups is 1. The van der Waals surface area contributed by atoms with Gasteiger partial charge in [-0.15, -0.1) is 24.0 Å². The summed E-state index contributed by atoms with van der Waals surface area (Å²) in [5, 5.41) is 6.06. The topological polar surface area (TPSA) is 67.8 Å². The molecular weight excluding hydrogens is 464 g/mol. The van der Waals surface area contributed by atoms with Crippen molar-refractivity contribution in [2.24, 2.45) is 4.99 Å². The lowest BCUT2D eigenvalue weighted by atomic mass is 10.2. The van der Waals surface area contributed by atoms with Crippen LogP contribution in [0.2, 0.25) is 0 Å². The minimum Gasteiger partial charge on any atom is -0.475 e. The Morgan fingerprint density at radius 1 is 1.23 bits per heavy atom. The number of nitrogens with one attached hydrogen (secondary N) is 2. The Balaban J connectivity index is 0.00000625. The second-order valence-electron chi connectivity index (χ2n) is 4.94. The molecule has 150 valence electrons. The molecule has 0 aliphatic rings. The number of nitrogens with zero attached hydrogens (tertiary/aromatic N) is 2. The van der Waals surface area contributed by atoms with Gasteiger partial charge in [0.15, 0.2) is 5.96 Å². The molecule has 0 saturated carbocycles. The molecule has 1 aromatic heterocycles. The van der Waals surface area contributed by atoms with Crippen molar-refractivity contribution in [2.75, 3.05) is 39.5 Å². The first-order chi connectivity index (χ1) is 12.0. The van der Waals surface area contributed by atoms with E-state index in [-0.39, 0.29) is 30.6 Å². The molecule has 2 N–H and O–H groups in total. The van der Waals surface area contributed by atoms with Gasteiger partial charge in [0.05, 0.1) is 6.54 Å². The number of halogens is 4. The van der Waals surface area contributed by atoms with E-state index < -0.39 is 17.6 Å². The van der Waals surface area contributed by atoms with Gasteiger partial charge in [-0.05, 0) is 32.4 Å². The summed E-state index contributed by atoms with van der Waals surface area (Å²) in [5.41, 5.74) is -0.883. The standard InChI is InChI=1S/C16H25F3N4O2.HI/c1-3-20-15(22-9-6-11-24-4-2)23-10-12-25-14-13(16(17,18)19)7-5-8-21-14;/h5,7-8H,3-4,6,9-12H2,1-2H3,(H2,20,22,23);1H. The summed E-state index contributed by atoms with van der Waals surface area (Å²) in [6.45, 7) is 6.77. The van der Waals surface area contributed by atoms with E-state index >= 15 is 0 Å². The maximum absolute atomic E-state index is 12.8. The van der Waals surface area contributed by atoms with Gasteiger partial charge in [0.25, 0.3) is 0 Å². The normalized spacial score (nSPS) is 11.7. The fourth-order valence-electron chi connectivity index (χ4n) is 1.88. The minimum absolute atomic E-state index is 0. The van der Waals surface area contributed by atoms with E-state index in [4.69, 9.17) is 9.47 Å². The molecule has 0 aliphatic heterocycles. The lowest BCUT2D eigenvalue weighted by Crippen LogP contribution is -2.39. The highest BCUT2D eigenvalue weighted by Crippen LogP contribution is 2.34. The predicted molar refractivity (Wildman–Crippen MR) is 105 cm³/mol. The third kappa shape index (κ3) is 10.00. The molecule has 0 radical (unpaired) electrons. The van der Waals surface area contributed by atoms with Crippen LogP contribution in [0.4, 0.5) is 13.2 Å². The van der Waals surface area contributed by atoms with Gasteiger partial charge < -0.3 is 20.1 Å². The average Bonchev–Trinajstić information content (AvgIpc) is 2.58. The molecule has 0 saturated heterocycles. The quantitative estimate of drug-likeness (QED) is 0.229. The maximum Gasteiger partial charge on any atom is 0.421 e. The summed E-state index contributed by atoms with van der Waals surface area (Å²) in [5.74, 6) is 0.162. The molecule has 10 heteroatoms. The molecule has 0 spiro atoms. The van der Waals surface area contributed by atoms with Crippen molar-refractivity contribution >= 4 is 29.9 Å². The molecule has 1 rings (SSSR count). The van der Waals surface area contributed by atoms with Crippen molar-refractivity contribution in [1.29, 1.82) is 0 Å². The van der Waals surface area contributed by atoms with Gasteiger partial charge in [0.2, 0.25) is 5.88 Å². The Bertz CT molecular complexity index is 530. The van der Waals surface area contributed by atoms with Gasteiger partial charge >= 0.3 is 6.18 Å². The number of aromatic nitrogens is 1. The smallest absolute Gasteiger partial charge is 0.421 e. The summed E-state index contributed by atoms with van der Waals surface area (Å²) in [6.07, 6.45) is -2.43. The van der Waals surface area contributed by atoms with Crippen molar-refractivity contribution in [3.63, 3.8) is 0 Å². The van der Waals surface area contributed by atoms with Crippen molar-refractivity contribution in [3.8, 4) is 5.88 Å². The highest BCUT2D eigenvalue weighted by atomic mass is 127. The summed E-state index contributed by atoms with van der Waals surface area (Å²) in [4.78, 5) is 8.00. The summed E-state index contributed by atoms with van der Waals surface area (Å²) < 4.78 is 48.9. The highest BCUT2D eigenvalue weighted by molar-refractivity contribution is 14.0. The zero-order valence-electron chi connectivity index (χ0n) is 14.9. The van der Waals surface area contributed by atoms with Gasteiger partial charge in [-0.2, -0.15) is 13.2 Å². The van der Waals surface area contributed by atoms with Crippen LogP contribution in [0.5, 0.6) is 5.88 Å². The van der Waals surface area contributed by atoms with Crippen LogP contribution in [0.15, 0.2) is 23.3 Å². The second kappa shape index (κ2) is 13.8. The van der Waals surface area contributed by atoms with E-state index in [0.29, 0.717) is 38.8 Å². The van der Waals surface area contributed by atoms with E-state index in [1.54, 1.807) is 0 Å². The van der Waals surface area contributed by atoms with Crippen LogP contribution in [0.25, 0.3) is 0 Å². The summed E-state index contributed by atoms with van der Waals surface area (Å²) in [7, 11) is 0. The monoisotopic (exact) mass is 490 g/mol. The lowest BCUT2D eigenvalue weighted by molar-refractivity contribution is -0.139. The third-order valence-corrected chi connectivity index (χ3v) is 2.97. The van der Waals surface area contributed by atoms with Crippen molar-refractivity contribution in [3.05, 3.63) is 23.9 Å². The molecule has 0 fully saturated rings. The van der Waals surface area contributed by atoms with Crippen molar-refractivity contribution in [2.45, 2.75) is 26.4 Å². The van der Waals surface area contributed by atoms with Crippen LogP contribution in [0.3, 0.4) is 0 Å². The first-order valence-corrected chi connectivity index (χ1v) is 8.24. The first kappa shape index (κ1) is 24.7. The Morgan fingerprint density at radius 2 is 2.00 bits per heavy atom. The zero-order chi connectivity index (χ0) is 18.5. The summed E-state index contributed by atoms with van der Waals surface area (Å²) in [6, 6.07) is 2.17. The van der Waals surface area contributed by atoms with E-state index in [2.05, 4.69) is 20.6 Å². The molecule has 0 amide bonds. The third-order valence-electron chi connectivity index (χ3n) is 2.97. The summed E-state index contributed by atoms with van der Waals surface area (Å²) >= 11 is 0. The Hall–Kier alpha value is -1.30. The van der Waals surface area contributed by atoms with Crippen LogP contribution >= 0.6 is 24.0 Å². The lowest BCUT2D eigenvalue weighted by Gasteiger charge is -2.14. The van der Waals surface area contributed by atoms with Gasteiger partial charge in [-0.3, -0.25) is 4.99 Å². The van der Waals surface area contributed by atoms with Crippen LogP contribution in [-0.2, 0) is 10.9 Å². The van der Waals surface area contributed by atoms with Crippen LogP contribution in [0.1, 0.15) is 25.8 Å². The maximum atomic E-state index is 12.8. The predicted octanol–water partition coefficient (Wildman–Crippen LogP) is 3.08. The van der Waals surface area contributed by atoms with Crippen molar-refractivity contribution < 1.29 is 22.6 Å². The Labute approximate surface area is 169 Å². The van der Waals surface area contributed by atoms with Crippen LogP contribution in [-0.4, -0.2) is 50.4 Å². The van der Waals surface area contributed by atoms with Gasteiger partial charge in [-0.1, -0.05) is 0 Å². The number of rotatable bonds is 10. The van der Waals surface area contributed by atoms with Crippen LogP contribution in [0, 0.1) is 0 Å². The first-order valence-electron chi connectivity index (χ1n) is 8.24. The molecule has 0 bridgehead atoms. The minimum atomic E-state index is -4.49. The Morgan fingerprint density at radius 3 is 2.65 bits per heavy atom. The number of pyridine rings is 1. The fraction of sp³-hybridized carbons (Fsp3) is 0.625. The van der Waals surface area contributed by atoms with E-state index in [9.17, 15) is 13.2 Å². The van der Waals surface area contributed by atoms with Crippen molar-refractivity contribution in [1.82, 2.24) is 15.6 Å². The molecule has 6 nitrogen and oxygen atoms in total. The number of hydrogen-bond donors (Lipinski definition) is 2. The molecule has 0 aliphatic carbocycles. The van der Waals surface area contributed by atoms with E-state index in [0.717, 1.165) is 12.5 Å². The zero-order valence-corrected chi connectivity index (χ0v) is 17.3. The molecular formula is C16H26F3IN4O2. The molecule has 0 atom stereocenters. The molecule has 0 aromatic carbocycles. The second-order valence-corrected chi connectivity index (χ2v) is 4.94. The van der Waals surface area contributed by atoms with E-state index in [1.807, 2.05) is 13.8 Å². The fourth-order valence-corrected chi connectivity index (χ4v) is 1.88. The molecule has 26 heavy (non-hydrogen) atoms. The Kier molecular flexibility index (Phi) is 13.2. The number of guanidine groups is 1. The van der Waals surface area contributed by atoms with Crippen LogP contribution < -0.4 is 15.4 Å². The number of alkyl halides is 3. The molecule has 0 unspecified atom stereocenters. The van der Waals surface area contributed by atoms with E-state index in [1.165, 1.54) is 12.3 Å². The molecule has 1 aromatic rings. The number of hydrogen-bond acceptors (Lipinski definition) is 4. The highest BCUT2D eigenvalue weighted by Gasteiger charge is 2.34. The number of ether oxygens (including phenoxy) is 2. The van der Waals surface area contributed by atoms with Gasteiger partial charge in [0, 0.05) is 32.5 Å². The van der Waals surface area contributed by atoms with Gasteiger partial charge in [0.1, 0.15) is 12.2 Å². The molecule has 1 heterocycles. The largest absolute Gasteiger partial charge is 0.475 e. The SMILES string of the molecule is CCNC(=NCCCOCC)NCCOc1ncccc1C(F)(F)F.I.